The highest BCUT2D eigenvalue weighted by Crippen LogP contribution is 2.76. The van der Waals surface area contributed by atoms with Crippen LogP contribution in [0.15, 0.2) is 0 Å². The van der Waals surface area contributed by atoms with Crippen molar-refractivity contribution in [3.63, 3.8) is 0 Å². The number of hydrogen-bond acceptors (Lipinski definition) is 0. The summed E-state index contributed by atoms with van der Waals surface area (Å²) in [4.78, 5) is 0. The van der Waals surface area contributed by atoms with Crippen LogP contribution in [-0.2, 0) is 0 Å². The van der Waals surface area contributed by atoms with Gasteiger partial charge in [-0.2, -0.15) is 0 Å². The minimum Gasteiger partial charge on any atom is -0.0654 e. The van der Waals surface area contributed by atoms with E-state index in [1.54, 1.807) is 6.42 Å². The van der Waals surface area contributed by atoms with Gasteiger partial charge in [-0.1, -0.05) is 122 Å². The minimum absolute atomic E-state index is 0.567. The summed E-state index contributed by atoms with van der Waals surface area (Å²) in [5.74, 6) is 9.06. The van der Waals surface area contributed by atoms with E-state index in [-0.39, 0.29) is 0 Å². The highest BCUT2D eigenvalue weighted by Gasteiger charge is 2.69. The smallest absolute Gasteiger partial charge is 0.0241 e. The van der Waals surface area contributed by atoms with Crippen molar-refractivity contribution in [3.8, 4) is 0 Å². The molecule has 0 N–H and O–H groups in total. The monoisotopic (exact) mass is 567 g/mol. The Balaban J connectivity index is 0.000000182. The second-order valence-corrected chi connectivity index (χ2v) is 19.3. The van der Waals surface area contributed by atoms with Crippen molar-refractivity contribution in [1.82, 2.24) is 0 Å². The Bertz CT molecular complexity index is 890. The van der Waals surface area contributed by atoms with Crippen molar-refractivity contribution in [2.45, 2.75) is 173 Å². The first-order valence-corrected chi connectivity index (χ1v) is 19.0. The zero-order chi connectivity index (χ0) is 30.4. The Morgan fingerprint density at radius 2 is 0.780 bits per heavy atom. The highest BCUT2D eigenvalue weighted by atomic mass is 14.7. The molecule has 0 radical (unpaired) electrons. The van der Waals surface area contributed by atoms with Crippen LogP contribution in [0.25, 0.3) is 0 Å². The molecule has 0 heterocycles. The largest absolute Gasteiger partial charge is 0.0654 e. The lowest BCUT2D eigenvalue weighted by molar-refractivity contribution is 0.0608. The van der Waals surface area contributed by atoms with Crippen LogP contribution in [0.5, 0.6) is 0 Å². The number of rotatable bonds is 8. The summed E-state index contributed by atoms with van der Waals surface area (Å²) in [5.41, 5.74) is 3.60. The van der Waals surface area contributed by atoms with Crippen LogP contribution >= 0.6 is 0 Å². The van der Waals surface area contributed by atoms with Gasteiger partial charge in [-0.25, -0.2) is 0 Å². The summed E-state index contributed by atoms with van der Waals surface area (Å²) < 4.78 is 0. The molecule has 0 spiro atoms. The summed E-state index contributed by atoms with van der Waals surface area (Å²) in [5, 5.41) is 0. The number of fused-ring (bicyclic) bond motifs is 6. The quantitative estimate of drug-likeness (QED) is 0.274. The van der Waals surface area contributed by atoms with Crippen LogP contribution in [0.2, 0.25) is 0 Å². The maximum absolute atomic E-state index is 2.66. The molecule has 0 nitrogen and oxygen atoms in total. The second kappa shape index (κ2) is 10.5. The first kappa shape index (κ1) is 32.4. The van der Waals surface area contributed by atoms with Gasteiger partial charge in [0, 0.05) is 0 Å². The van der Waals surface area contributed by atoms with Gasteiger partial charge in [0.05, 0.1) is 0 Å². The predicted octanol–water partition coefficient (Wildman–Crippen LogP) is 12.8. The van der Waals surface area contributed by atoms with Gasteiger partial charge in [-0.05, 0) is 137 Å². The van der Waals surface area contributed by atoms with E-state index in [1.807, 2.05) is 0 Å². The zero-order valence-electron chi connectivity index (χ0n) is 30.4. The molecular weight excluding hydrogens is 492 g/mol. The van der Waals surface area contributed by atoms with Crippen LogP contribution in [0.4, 0.5) is 0 Å². The van der Waals surface area contributed by atoms with Gasteiger partial charge in [0.2, 0.25) is 0 Å². The van der Waals surface area contributed by atoms with Gasteiger partial charge in [0.15, 0.2) is 0 Å². The van der Waals surface area contributed by atoms with Crippen molar-refractivity contribution in [1.29, 1.82) is 0 Å². The molecule has 238 valence electrons. The molecule has 0 aromatic rings. The van der Waals surface area contributed by atoms with E-state index in [9.17, 15) is 0 Å². The molecule has 0 aromatic carbocycles. The van der Waals surface area contributed by atoms with Crippen molar-refractivity contribution < 1.29 is 0 Å². The van der Waals surface area contributed by atoms with Crippen molar-refractivity contribution >= 4 is 0 Å². The Morgan fingerprint density at radius 3 is 1.12 bits per heavy atom. The van der Waals surface area contributed by atoms with Crippen LogP contribution in [0, 0.1) is 85.8 Å². The lowest BCUT2D eigenvalue weighted by Crippen LogP contribution is -2.35. The fourth-order valence-electron chi connectivity index (χ4n) is 15.2. The molecule has 0 saturated heterocycles. The highest BCUT2D eigenvalue weighted by molar-refractivity contribution is 5.18. The molecule has 41 heavy (non-hydrogen) atoms. The summed E-state index contributed by atoms with van der Waals surface area (Å²) in [7, 11) is 0. The van der Waals surface area contributed by atoms with E-state index in [2.05, 4.69) is 90.0 Å². The molecule has 0 aliphatic heterocycles. The molecule has 6 aliphatic rings. The molecule has 12 unspecified atom stereocenters. The Morgan fingerprint density at radius 1 is 0.439 bits per heavy atom. The summed E-state index contributed by atoms with van der Waals surface area (Å²) in [6.45, 7) is 33.2. The molecule has 6 aliphatic carbocycles. The summed E-state index contributed by atoms with van der Waals surface area (Å²) in [6.07, 6.45) is 19.1. The van der Waals surface area contributed by atoms with Gasteiger partial charge in [-0.15, -0.1) is 0 Å². The van der Waals surface area contributed by atoms with Gasteiger partial charge in [0.25, 0.3) is 0 Å². The third-order valence-electron chi connectivity index (χ3n) is 18.3. The maximum atomic E-state index is 2.66. The fraction of sp³-hybridized carbons (Fsp3) is 1.00. The van der Waals surface area contributed by atoms with Crippen molar-refractivity contribution in [3.05, 3.63) is 0 Å². The van der Waals surface area contributed by atoms with E-state index in [0.29, 0.717) is 32.5 Å². The van der Waals surface area contributed by atoms with E-state index >= 15 is 0 Å². The van der Waals surface area contributed by atoms with E-state index in [0.717, 1.165) is 53.3 Å². The van der Waals surface area contributed by atoms with Gasteiger partial charge >= 0.3 is 0 Å². The average Bonchev–Trinajstić information content (AvgIpc) is 3.52. The fourth-order valence-corrected chi connectivity index (χ4v) is 15.2. The van der Waals surface area contributed by atoms with E-state index in [4.69, 9.17) is 0 Å². The van der Waals surface area contributed by atoms with Crippen molar-refractivity contribution in [2.75, 3.05) is 0 Å². The molecule has 0 aromatic heterocycles. The summed E-state index contributed by atoms with van der Waals surface area (Å²) >= 11 is 0. The minimum atomic E-state index is 0.567. The zero-order valence-corrected chi connectivity index (χ0v) is 30.4. The SMILES string of the molecule is CCC1C(CC2C3CCC(C)(C2CC)C3(C)C)C2CCC1(C)C2(C)C.CCCC1C2CCC(C)(C1CCC)C2(C)C. The molecule has 6 rings (SSSR count). The Kier molecular flexibility index (Phi) is 8.32. The molecule has 6 bridgehead atoms. The maximum Gasteiger partial charge on any atom is -0.0241 e. The van der Waals surface area contributed by atoms with Crippen LogP contribution in [0.1, 0.15) is 173 Å². The summed E-state index contributed by atoms with van der Waals surface area (Å²) in [6, 6.07) is 0. The predicted molar refractivity (Wildman–Crippen MR) is 180 cm³/mol. The van der Waals surface area contributed by atoms with Crippen LogP contribution in [-0.4, -0.2) is 0 Å². The topological polar surface area (TPSA) is 0 Å². The van der Waals surface area contributed by atoms with Crippen LogP contribution < -0.4 is 0 Å². The first-order valence-electron chi connectivity index (χ1n) is 19.0. The average molecular weight is 567 g/mol. The molecule has 12 atom stereocenters. The van der Waals surface area contributed by atoms with Crippen molar-refractivity contribution in [2.24, 2.45) is 85.8 Å². The standard InChI is InChI=1S/C25H44.C16H30/c1-9-18-16(20-11-13-24(18,7)22(20,3)4)15-17-19(10-2)25(8)14-12-21(17)23(25,5)6;1-6-8-12-13-10-11-16(5,15(13,3)4)14(12)9-7-2/h16-21H,9-15H2,1-8H3;12-14H,6-11H2,1-5H3. The second-order valence-electron chi connectivity index (χ2n) is 19.3. The molecule has 0 amide bonds. The first-order chi connectivity index (χ1) is 19.0. The molecule has 6 saturated carbocycles. The molecule has 0 heteroatoms. The molecule has 6 fully saturated rings. The molecular formula is C41H74. The van der Waals surface area contributed by atoms with E-state index < -0.39 is 0 Å². The lowest BCUT2D eigenvalue weighted by Gasteiger charge is -2.43. The third kappa shape index (κ3) is 4.08. The van der Waals surface area contributed by atoms with Gasteiger partial charge < -0.3 is 0 Å². The normalized spacial score (nSPS) is 51.3. The van der Waals surface area contributed by atoms with Gasteiger partial charge in [0.1, 0.15) is 0 Å². The Labute approximate surface area is 258 Å². The van der Waals surface area contributed by atoms with Gasteiger partial charge in [-0.3, -0.25) is 0 Å². The van der Waals surface area contributed by atoms with E-state index in [1.165, 1.54) is 77.0 Å². The number of hydrogen-bond donors (Lipinski definition) is 0. The third-order valence-corrected chi connectivity index (χ3v) is 18.3. The van der Waals surface area contributed by atoms with Crippen LogP contribution in [0.3, 0.4) is 0 Å². The Hall–Kier alpha value is 0. The lowest BCUT2D eigenvalue weighted by atomic mass is 9.62.